The van der Waals surface area contributed by atoms with Crippen molar-refractivity contribution in [1.29, 1.82) is 0 Å². The van der Waals surface area contributed by atoms with E-state index >= 15 is 0 Å². The van der Waals surface area contributed by atoms with E-state index in [1.165, 1.54) is 4.90 Å². The van der Waals surface area contributed by atoms with Gasteiger partial charge in [-0.3, -0.25) is 15.1 Å². The van der Waals surface area contributed by atoms with Gasteiger partial charge in [-0.05, 0) is 11.6 Å². The summed E-state index contributed by atoms with van der Waals surface area (Å²) in [6, 6.07) is 2.65. The molecule has 0 spiro atoms. The number of aliphatic hydroxyl groups excluding tert-OH is 1. The fourth-order valence-electron chi connectivity index (χ4n) is 2.73. The van der Waals surface area contributed by atoms with E-state index in [4.69, 9.17) is 0 Å². The molecule has 2 aliphatic heterocycles. The molecule has 0 radical (unpaired) electrons. The number of pyridine rings is 1. The summed E-state index contributed by atoms with van der Waals surface area (Å²) in [5.41, 5.74) is 0.925. The summed E-state index contributed by atoms with van der Waals surface area (Å²) in [4.78, 5) is 35.5. The lowest BCUT2D eigenvalue weighted by Gasteiger charge is -2.35. The maximum atomic E-state index is 12.1. The second kappa shape index (κ2) is 6.21. The summed E-state index contributed by atoms with van der Waals surface area (Å²) in [7, 11) is 1.60. The first kappa shape index (κ1) is 15.2. The zero-order valence-electron chi connectivity index (χ0n) is 12.6. The Morgan fingerprint density at radius 3 is 2.96 bits per heavy atom. The molecule has 2 atom stereocenters. The Morgan fingerprint density at radius 2 is 2.26 bits per heavy atom. The van der Waals surface area contributed by atoms with Crippen LogP contribution in [0.2, 0.25) is 0 Å². The van der Waals surface area contributed by atoms with Crippen LogP contribution in [0.25, 0.3) is 0 Å². The second-order valence-electron chi connectivity index (χ2n) is 5.36. The van der Waals surface area contributed by atoms with Gasteiger partial charge >= 0.3 is 6.03 Å². The highest BCUT2D eigenvalue weighted by atomic mass is 16.3. The molecule has 3 heterocycles. The number of aliphatic hydroxyl groups is 1. The maximum absolute atomic E-state index is 12.1. The van der Waals surface area contributed by atoms with Crippen molar-refractivity contribution in [2.24, 2.45) is 4.99 Å². The highest BCUT2D eigenvalue weighted by Gasteiger charge is 2.49. The number of carbonyl (C=O) groups excluding carboxylic acids is 2. The lowest BCUT2D eigenvalue weighted by molar-refractivity contribution is -0.127. The molecule has 2 saturated heterocycles. The van der Waals surface area contributed by atoms with Crippen LogP contribution in [0, 0.1) is 0 Å². The lowest BCUT2D eigenvalue weighted by Crippen LogP contribution is -2.65. The number of aromatic nitrogens is 1. The van der Waals surface area contributed by atoms with Gasteiger partial charge in [0, 0.05) is 26.0 Å². The quantitative estimate of drug-likeness (QED) is 0.637. The summed E-state index contributed by atoms with van der Waals surface area (Å²) in [5, 5.41) is 14.7. The minimum Gasteiger partial charge on any atom is -0.395 e. The van der Waals surface area contributed by atoms with Gasteiger partial charge in [-0.15, -0.1) is 0 Å². The fourth-order valence-corrected chi connectivity index (χ4v) is 2.73. The number of hydrogen-bond donors (Lipinski definition) is 3. The summed E-state index contributed by atoms with van der Waals surface area (Å²) in [5.74, 6) is 0.0835. The number of rotatable bonds is 4. The summed E-state index contributed by atoms with van der Waals surface area (Å²) >= 11 is 0. The number of fused-ring (bicyclic) bond motifs is 1. The Morgan fingerprint density at radius 1 is 1.43 bits per heavy atom. The lowest BCUT2D eigenvalue weighted by atomic mass is 10.1. The van der Waals surface area contributed by atoms with E-state index in [2.05, 4.69) is 20.6 Å². The SMILES string of the molecule is CN1C(=O)NC(=O)C2C1NC(=NCc1cccnc1)N2CCO. The second-order valence-corrected chi connectivity index (χ2v) is 5.36. The van der Waals surface area contributed by atoms with Gasteiger partial charge in [0.25, 0.3) is 5.91 Å². The minimum absolute atomic E-state index is 0.123. The first-order chi connectivity index (χ1) is 11.1. The van der Waals surface area contributed by atoms with Crippen LogP contribution in [-0.4, -0.2) is 70.2 Å². The molecule has 1 aromatic rings. The third kappa shape index (κ3) is 2.82. The third-order valence-electron chi connectivity index (χ3n) is 3.90. The molecule has 9 heteroatoms. The Labute approximate surface area is 133 Å². The predicted octanol–water partition coefficient (Wildman–Crippen LogP) is -1.29. The van der Waals surface area contributed by atoms with Gasteiger partial charge in [-0.2, -0.15) is 0 Å². The van der Waals surface area contributed by atoms with Crippen molar-refractivity contribution in [2.75, 3.05) is 20.2 Å². The van der Waals surface area contributed by atoms with Gasteiger partial charge in [-0.25, -0.2) is 9.79 Å². The molecule has 2 aliphatic rings. The highest BCUT2D eigenvalue weighted by molar-refractivity contribution is 6.04. The number of nitrogens with one attached hydrogen (secondary N) is 2. The molecule has 3 rings (SSSR count). The van der Waals surface area contributed by atoms with E-state index in [9.17, 15) is 14.7 Å². The molecule has 0 aliphatic carbocycles. The maximum Gasteiger partial charge on any atom is 0.325 e. The third-order valence-corrected chi connectivity index (χ3v) is 3.90. The number of β-amino-alcohol motifs (C(OH)–C–C–N with tert-alkyl or cyclic N) is 1. The van der Waals surface area contributed by atoms with Crippen LogP contribution < -0.4 is 10.6 Å². The van der Waals surface area contributed by atoms with Gasteiger partial charge in [0.1, 0.15) is 6.17 Å². The Balaban J connectivity index is 1.85. The Kier molecular flexibility index (Phi) is 4.11. The molecule has 9 nitrogen and oxygen atoms in total. The van der Waals surface area contributed by atoms with Crippen molar-refractivity contribution >= 4 is 17.9 Å². The van der Waals surface area contributed by atoms with Crippen LogP contribution in [-0.2, 0) is 11.3 Å². The van der Waals surface area contributed by atoms with E-state index in [1.807, 2.05) is 12.1 Å². The van der Waals surface area contributed by atoms with E-state index in [0.29, 0.717) is 12.5 Å². The highest BCUT2D eigenvalue weighted by Crippen LogP contribution is 2.20. The van der Waals surface area contributed by atoms with Gasteiger partial charge in [0.2, 0.25) is 0 Å². The Hall–Kier alpha value is -2.68. The summed E-state index contributed by atoms with van der Waals surface area (Å²) < 4.78 is 0. The number of imide groups is 1. The molecule has 23 heavy (non-hydrogen) atoms. The molecular formula is C14H18N6O3. The number of guanidine groups is 1. The number of carbonyl (C=O) groups is 2. The number of likely N-dealkylation sites (N-methyl/N-ethyl adjacent to an activating group) is 1. The number of amides is 3. The molecule has 0 bridgehead atoms. The monoisotopic (exact) mass is 318 g/mol. The van der Waals surface area contributed by atoms with Gasteiger partial charge in [-0.1, -0.05) is 6.07 Å². The largest absolute Gasteiger partial charge is 0.395 e. The van der Waals surface area contributed by atoms with Gasteiger partial charge < -0.3 is 20.2 Å². The smallest absolute Gasteiger partial charge is 0.325 e. The van der Waals surface area contributed by atoms with Crippen molar-refractivity contribution in [3.05, 3.63) is 30.1 Å². The molecule has 1 aromatic heterocycles. The van der Waals surface area contributed by atoms with E-state index < -0.39 is 24.1 Å². The van der Waals surface area contributed by atoms with Crippen LogP contribution in [0.3, 0.4) is 0 Å². The standard InChI is InChI=1S/C14H18N6O3/c1-19-11-10(12(22)18-14(19)23)20(5-6-21)13(17-11)16-8-9-3-2-4-15-7-9/h2-4,7,10-11,21H,5-6,8H2,1H3,(H,16,17)(H,18,22,23). The number of nitrogens with zero attached hydrogens (tertiary/aromatic N) is 4. The molecular weight excluding hydrogens is 300 g/mol. The van der Waals surface area contributed by atoms with Crippen LogP contribution in [0.1, 0.15) is 5.56 Å². The zero-order valence-corrected chi connectivity index (χ0v) is 12.6. The van der Waals surface area contributed by atoms with Crippen LogP contribution in [0.4, 0.5) is 4.79 Å². The van der Waals surface area contributed by atoms with Crippen LogP contribution in [0.15, 0.2) is 29.5 Å². The average Bonchev–Trinajstić information content (AvgIpc) is 2.91. The normalized spacial score (nSPS) is 25.4. The zero-order chi connectivity index (χ0) is 16.4. The van der Waals surface area contributed by atoms with Gasteiger partial charge in [0.15, 0.2) is 12.0 Å². The molecule has 3 amide bonds. The van der Waals surface area contributed by atoms with Crippen molar-refractivity contribution in [2.45, 2.75) is 18.8 Å². The topological polar surface area (TPSA) is 110 Å². The molecule has 3 N–H and O–H groups in total. The van der Waals surface area contributed by atoms with E-state index in [-0.39, 0.29) is 13.2 Å². The number of urea groups is 1. The van der Waals surface area contributed by atoms with Crippen molar-refractivity contribution in [1.82, 2.24) is 25.4 Å². The molecule has 2 unspecified atom stereocenters. The molecule has 122 valence electrons. The van der Waals surface area contributed by atoms with E-state index in [0.717, 1.165) is 5.56 Å². The summed E-state index contributed by atoms with van der Waals surface area (Å²) in [6.45, 7) is 0.508. The van der Waals surface area contributed by atoms with Crippen LogP contribution >= 0.6 is 0 Å². The van der Waals surface area contributed by atoms with Gasteiger partial charge in [0.05, 0.1) is 13.2 Å². The summed E-state index contributed by atoms with van der Waals surface area (Å²) in [6.07, 6.45) is 2.89. The number of aliphatic imine (C=N–C) groups is 1. The average molecular weight is 318 g/mol. The van der Waals surface area contributed by atoms with Crippen molar-refractivity contribution < 1.29 is 14.7 Å². The molecule has 0 aromatic carbocycles. The predicted molar refractivity (Wildman–Crippen MR) is 81.2 cm³/mol. The molecule has 0 saturated carbocycles. The first-order valence-electron chi connectivity index (χ1n) is 7.27. The minimum atomic E-state index is -0.613. The Bertz CT molecular complexity index is 635. The number of hydrogen-bond acceptors (Lipinski definition) is 5. The van der Waals surface area contributed by atoms with Crippen LogP contribution in [0.5, 0.6) is 0 Å². The fraction of sp³-hybridized carbons (Fsp3) is 0.429. The first-order valence-corrected chi connectivity index (χ1v) is 7.27. The van der Waals surface area contributed by atoms with Crippen molar-refractivity contribution in [3.63, 3.8) is 0 Å². The van der Waals surface area contributed by atoms with Crippen molar-refractivity contribution in [3.8, 4) is 0 Å². The molecule has 2 fully saturated rings. The van der Waals surface area contributed by atoms with E-state index in [1.54, 1.807) is 24.3 Å².